The first-order valence-electron chi connectivity index (χ1n) is 34.4. The van der Waals surface area contributed by atoms with E-state index < -0.39 is 193 Å². The maximum absolute atomic E-state index is 15.2. The first kappa shape index (κ1) is 94.2. The van der Waals surface area contributed by atoms with Crippen molar-refractivity contribution in [3.05, 3.63) is 0 Å². The van der Waals surface area contributed by atoms with E-state index in [1.165, 1.54) is 19.6 Å². The topological polar surface area (TPSA) is 361 Å². The van der Waals surface area contributed by atoms with Crippen LogP contribution in [0.1, 0.15) is 194 Å². The molecule has 0 aliphatic rings. The molecular formula is C70H128N10O21. The minimum absolute atomic E-state index is 0.0417. The Morgan fingerprint density at radius 1 is 0.317 bits per heavy atom. The fourth-order valence-electron chi connectivity index (χ4n) is 9.19. The average Bonchev–Trinajstić information content (AvgIpc) is 0.846. The van der Waals surface area contributed by atoms with Crippen LogP contribution in [0, 0.1) is 0 Å². The van der Waals surface area contributed by atoms with Crippen LogP contribution in [0.4, 0.5) is 9.59 Å². The van der Waals surface area contributed by atoms with Crippen LogP contribution in [-0.4, -0.2) is 293 Å². The van der Waals surface area contributed by atoms with Crippen molar-refractivity contribution in [2.24, 2.45) is 5.73 Å². The van der Waals surface area contributed by atoms with Crippen LogP contribution in [0.25, 0.3) is 0 Å². The predicted octanol–water partition coefficient (Wildman–Crippen LogP) is 4.84. The standard InChI is InChI=1S/C70H128N10O21/c1-29-74(41-51(82)93-62(2,3)4)34-35-75(42-52(83)94-63(5,6)7)39-48(78(44-54(85)96-65(11,12)13)45-55(86)97-66(14,15)16)58(89)72-30-32-77(50(81)38-71)33-31-73-59(90)49(79(46-56(87)98-67(17,18)19)47-57(88)99-68(20,21)22)40-76(43-53(84)95-64(8,9)10)36-37-80(60(91)100-69(23,24)25)61(92)101-70(26,27)28/h48-49H,29-47,71H2,1-28H3,(H,72,89)(H,73,90). The summed E-state index contributed by atoms with van der Waals surface area (Å²) in [5.74, 6) is -7.62. The number of carbonyl (C=O) groups is 12. The molecule has 0 heterocycles. The van der Waals surface area contributed by atoms with Crippen LogP contribution >= 0.6 is 0 Å². The first-order valence-corrected chi connectivity index (χ1v) is 34.4. The Morgan fingerprint density at radius 3 is 0.782 bits per heavy atom. The van der Waals surface area contributed by atoms with Crippen molar-refractivity contribution >= 4 is 71.7 Å². The van der Waals surface area contributed by atoms with E-state index in [0.29, 0.717) is 11.4 Å². The van der Waals surface area contributed by atoms with Gasteiger partial charge in [0.15, 0.2) is 0 Å². The molecule has 101 heavy (non-hydrogen) atoms. The van der Waals surface area contributed by atoms with Gasteiger partial charge in [-0.05, 0) is 193 Å². The number of esters is 7. The lowest BCUT2D eigenvalue weighted by Gasteiger charge is -2.36. The molecular weight excluding hydrogens is 1320 g/mol. The van der Waals surface area contributed by atoms with Crippen molar-refractivity contribution in [1.29, 1.82) is 0 Å². The second-order valence-corrected chi connectivity index (χ2v) is 33.6. The van der Waals surface area contributed by atoms with Gasteiger partial charge in [0.05, 0.1) is 52.4 Å². The number of hydrogen-bond acceptors (Lipinski definition) is 27. The molecule has 2 atom stereocenters. The number of nitrogens with two attached hydrogens (primary N) is 1. The lowest BCUT2D eigenvalue weighted by molar-refractivity contribution is -0.164. The molecule has 0 saturated carbocycles. The van der Waals surface area contributed by atoms with Crippen LogP contribution in [0.2, 0.25) is 0 Å². The third-order valence-electron chi connectivity index (χ3n) is 12.6. The molecule has 0 bridgehead atoms. The molecule has 0 rings (SSSR count). The van der Waals surface area contributed by atoms with Crippen LogP contribution in [-0.2, 0) is 90.6 Å². The highest BCUT2D eigenvalue weighted by Gasteiger charge is 2.39. The lowest BCUT2D eigenvalue weighted by atomic mass is 10.1. The van der Waals surface area contributed by atoms with Crippen molar-refractivity contribution < 1.29 is 100 Å². The Balaban J connectivity index is 8.09. The van der Waals surface area contributed by atoms with E-state index in [-0.39, 0.29) is 58.9 Å². The van der Waals surface area contributed by atoms with Gasteiger partial charge in [0.2, 0.25) is 17.7 Å². The van der Waals surface area contributed by atoms with E-state index in [2.05, 4.69) is 10.6 Å². The number of carbonyl (C=O) groups excluding carboxylic acids is 12. The molecule has 31 heteroatoms. The molecule has 5 amide bonds. The second kappa shape index (κ2) is 40.3. The zero-order valence-electron chi connectivity index (χ0n) is 66.4. The van der Waals surface area contributed by atoms with Gasteiger partial charge >= 0.3 is 54.0 Å². The Kier molecular flexibility index (Phi) is 37.6. The first-order chi connectivity index (χ1) is 45.5. The van der Waals surface area contributed by atoms with Crippen molar-refractivity contribution in [3.63, 3.8) is 0 Å². The summed E-state index contributed by atoms with van der Waals surface area (Å²) in [5.41, 5.74) is -3.05. The second-order valence-electron chi connectivity index (χ2n) is 33.6. The zero-order chi connectivity index (χ0) is 78.8. The smallest absolute Gasteiger partial charge is 0.419 e. The van der Waals surface area contributed by atoms with Gasteiger partial charge in [-0.3, -0.25) is 72.4 Å². The summed E-state index contributed by atoms with van der Waals surface area (Å²) in [6, 6.07) is -3.04. The molecule has 584 valence electrons. The number of rotatable bonds is 36. The fourth-order valence-corrected chi connectivity index (χ4v) is 9.19. The molecule has 0 aromatic rings. The minimum Gasteiger partial charge on any atom is -0.459 e. The maximum atomic E-state index is 15.2. The van der Waals surface area contributed by atoms with E-state index in [1.54, 1.807) is 197 Å². The van der Waals surface area contributed by atoms with Crippen molar-refractivity contribution in [1.82, 2.24) is 44.9 Å². The molecule has 0 aromatic heterocycles. The summed E-state index contributed by atoms with van der Waals surface area (Å²) in [6.07, 6.45) is -2.18. The van der Waals surface area contributed by atoms with Gasteiger partial charge in [-0.2, -0.15) is 0 Å². The number of hydrogen-bond donors (Lipinski definition) is 3. The fraction of sp³-hybridized carbons (Fsp3) is 0.829. The molecule has 0 spiro atoms. The number of ether oxygens (including phenoxy) is 9. The molecule has 31 nitrogen and oxygen atoms in total. The molecule has 0 radical (unpaired) electrons. The molecule has 0 aliphatic heterocycles. The summed E-state index contributed by atoms with van der Waals surface area (Å²) < 4.78 is 51.0. The van der Waals surface area contributed by atoms with Gasteiger partial charge in [0.1, 0.15) is 62.5 Å². The van der Waals surface area contributed by atoms with E-state index in [1.807, 2.05) is 6.92 Å². The number of likely N-dealkylation sites (N-methyl/N-ethyl adjacent to an activating group) is 1. The molecule has 4 N–H and O–H groups in total. The molecule has 0 aliphatic carbocycles. The van der Waals surface area contributed by atoms with Gasteiger partial charge in [-0.25, -0.2) is 14.5 Å². The monoisotopic (exact) mass is 1440 g/mol. The van der Waals surface area contributed by atoms with Gasteiger partial charge in [0.25, 0.3) is 0 Å². The maximum Gasteiger partial charge on any atom is 0.419 e. The Morgan fingerprint density at radius 2 is 0.545 bits per heavy atom. The van der Waals surface area contributed by atoms with E-state index in [9.17, 15) is 47.9 Å². The highest BCUT2D eigenvalue weighted by molar-refractivity contribution is 5.89. The number of nitrogens with one attached hydrogen (secondary N) is 2. The van der Waals surface area contributed by atoms with Crippen LogP contribution in [0.3, 0.4) is 0 Å². The average molecular weight is 1450 g/mol. The Hall–Kier alpha value is -6.80. The summed E-state index contributed by atoms with van der Waals surface area (Å²) in [6.45, 7) is 39.5. The summed E-state index contributed by atoms with van der Waals surface area (Å²) in [5, 5.41) is 5.61. The van der Waals surface area contributed by atoms with Crippen LogP contribution < -0.4 is 16.4 Å². The van der Waals surface area contributed by atoms with Crippen molar-refractivity contribution in [2.75, 3.05) is 124 Å². The molecule has 0 fully saturated rings. The molecule has 0 aromatic carbocycles. The Labute approximate surface area is 601 Å². The molecule has 2 unspecified atom stereocenters. The zero-order valence-corrected chi connectivity index (χ0v) is 66.4. The van der Waals surface area contributed by atoms with E-state index >= 15 is 9.59 Å². The van der Waals surface area contributed by atoms with E-state index in [0.717, 1.165) is 0 Å². The largest absolute Gasteiger partial charge is 0.459 e. The third-order valence-corrected chi connectivity index (χ3v) is 12.6. The van der Waals surface area contributed by atoms with Crippen LogP contribution in [0.5, 0.6) is 0 Å². The summed E-state index contributed by atoms with van der Waals surface area (Å²) in [4.78, 5) is 177. The van der Waals surface area contributed by atoms with Crippen LogP contribution in [0.15, 0.2) is 0 Å². The van der Waals surface area contributed by atoms with Crippen molar-refractivity contribution in [2.45, 2.75) is 256 Å². The number of imide groups is 1. The normalized spacial score (nSPS) is 13.4. The van der Waals surface area contributed by atoms with Crippen molar-refractivity contribution in [3.8, 4) is 0 Å². The number of amides is 5. The highest BCUT2D eigenvalue weighted by Crippen LogP contribution is 2.20. The SMILES string of the molecule is CCN(CCN(CC(=O)OC(C)(C)C)CC(C(=O)NCCN(CCNC(=O)C(CN(CCN(C(=O)OC(C)(C)C)C(=O)OC(C)(C)C)CC(=O)OC(C)(C)C)N(CC(=O)OC(C)(C)C)CC(=O)OC(C)(C)C)C(=O)CN)N(CC(=O)OC(C)(C)C)CC(=O)OC(C)(C)C)CC(=O)OC(C)(C)C. The summed E-state index contributed by atoms with van der Waals surface area (Å²) >= 11 is 0. The van der Waals surface area contributed by atoms with Gasteiger partial charge in [-0.1, -0.05) is 6.92 Å². The summed E-state index contributed by atoms with van der Waals surface area (Å²) in [7, 11) is 0. The minimum atomic E-state index is -1.59. The quantitative estimate of drug-likeness (QED) is 0.0558. The Bertz CT molecular complexity index is 2650. The van der Waals surface area contributed by atoms with Gasteiger partial charge < -0.3 is 63.9 Å². The predicted molar refractivity (Wildman–Crippen MR) is 377 cm³/mol. The van der Waals surface area contributed by atoms with Gasteiger partial charge in [0, 0.05) is 65.4 Å². The third kappa shape index (κ3) is 47.2. The molecule has 0 saturated heterocycles. The highest BCUT2D eigenvalue weighted by atomic mass is 16.6. The lowest BCUT2D eigenvalue weighted by Crippen LogP contribution is -2.58. The van der Waals surface area contributed by atoms with E-state index in [4.69, 9.17) is 48.4 Å². The number of nitrogens with zero attached hydrogens (tertiary/aromatic N) is 7. The van der Waals surface area contributed by atoms with Gasteiger partial charge in [-0.15, -0.1) is 0 Å².